The maximum atomic E-state index is 3.39. The Balaban J connectivity index is 0.000000133. The molecule has 0 aromatic heterocycles. The van der Waals surface area contributed by atoms with E-state index in [1.54, 1.807) is 0 Å². The van der Waals surface area contributed by atoms with Crippen LogP contribution in [0, 0.1) is 5.92 Å². The molecule has 0 radical (unpaired) electrons. The highest BCUT2D eigenvalue weighted by Gasteiger charge is 2.34. The summed E-state index contributed by atoms with van der Waals surface area (Å²) in [6, 6.07) is 0.907. The van der Waals surface area contributed by atoms with E-state index >= 15 is 0 Å². The maximum absolute atomic E-state index is 3.39. The standard InChI is InChI=1S/C6H14.C5H9NS/c1-3-5-6-4-2;1-4-2-7-3-5(4)6-1/h3-6H2,1-2H3;4-6H,1-3H2. The maximum Gasteiger partial charge on any atom is 0.0206 e. The number of hydrogen-bond donors (Lipinski definition) is 1. The monoisotopic (exact) mass is 201 g/mol. The van der Waals surface area contributed by atoms with Crippen LogP contribution in [-0.2, 0) is 0 Å². The van der Waals surface area contributed by atoms with Crippen molar-refractivity contribution in [3.8, 4) is 0 Å². The molecule has 78 valence electrons. The SMILES string of the molecule is C1NC2CSCC12.CCCCCC. The summed E-state index contributed by atoms with van der Waals surface area (Å²) in [6.45, 7) is 5.75. The van der Waals surface area contributed by atoms with Gasteiger partial charge in [-0.2, -0.15) is 11.8 Å². The highest BCUT2D eigenvalue weighted by atomic mass is 32.2. The summed E-state index contributed by atoms with van der Waals surface area (Å²) < 4.78 is 0. The molecule has 0 bridgehead atoms. The minimum absolute atomic E-state index is 0.907. The van der Waals surface area contributed by atoms with E-state index in [1.165, 1.54) is 43.7 Å². The summed E-state index contributed by atoms with van der Waals surface area (Å²) in [5.41, 5.74) is 0. The van der Waals surface area contributed by atoms with Gasteiger partial charge < -0.3 is 5.32 Å². The molecule has 0 spiro atoms. The van der Waals surface area contributed by atoms with Crippen LogP contribution < -0.4 is 5.32 Å². The Morgan fingerprint density at radius 1 is 1.15 bits per heavy atom. The minimum atomic E-state index is 0.907. The first-order chi connectivity index (χ1) is 6.38. The molecular weight excluding hydrogens is 178 g/mol. The molecule has 2 heterocycles. The summed E-state index contributed by atoms with van der Waals surface area (Å²) in [5, 5.41) is 3.39. The van der Waals surface area contributed by atoms with Gasteiger partial charge in [-0.3, -0.25) is 0 Å². The molecule has 2 unspecified atom stereocenters. The quantitative estimate of drug-likeness (QED) is 0.705. The van der Waals surface area contributed by atoms with Gasteiger partial charge in [0, 0.05) is 18.3 Å². The van der Waals surface area contributed by atoms with Gasteiger partial charge in [0.2, 0.25) is 0 Å². The Kier molecular flexibility index (Phi) is 5.88. The van der Waals surface area contributed by atoms with Crippen LogP contribution in [0.4, 0.5) is 0 Å². The van der Waals surface area contributed by atoms with Gasteiger partial charge in [-0.15, -0.1) is 0 Å². The normalized spacial score (nSPS) is 30.0. The molecule has 13 heavy (non-hydrogen) atoms. The van der Waals surface area contributed by atoms with Crippen LogP contribution in [0.3, 0.4) is 0 Å². The van der Waals surface area contributed by atoms with E-state index < -0.39 is 0 Å². The molecule has 0 aromatic rings. The molecule has 2 atom stereocenters. The van der Waals surface area contributed by atoms with Crippen molar-refractivity contribution in [2.75, 3.05) is 18.1 Å². The largest absolute Gasteiger partial charge is 0.312 e. The van der Waals surface area contributed by atoms with Gasteiger partial charge >= 0.3 is 0 Å². The first-order valence-corrected chi connectivity index (χ1v) is 6.85. The van der Waals surface area contributed by atoms with E-state index in [1.807, 2.05) is 0 Å². The summed E-state index contributed by atoms with van der Waals surface area (Å²) >= 11 is 2.09. The van der Waals surface area contributed by atoms with Crippen molar-refractivity contribution < 1.29 is 0 Å². The van der Waals surface area contributed by atoms with Gasteiger partial charge in [-0.25, -0.2) is 0 Å². The Bertz CT molecular complexity index is 113. The number of nitrogens with one attached hydrogen (secondary N) is 1. The van der Waals surface area contributed by atoms with Gasteiger partial charge in [0.25, 0.3) is 0 Å². The van der Waals surface area contributed by atoms with Gasteiger partial charge in [-0.05, 0) is 11.7 Å². The summed E-state index contributed by atoms with van der Waals surface area (Å²) in [6.07, 6.45) is 5.54. The van der Waals surface area contributed by atoms with Gasteiger partial charge in [0.05, 0.1) is 0 Å². The molecule has 2 rings (SSSR count). The predicted octanol–water partition coefficient (Wildman–Crippen LogP) is 2.91. The average molecular weight is 201 g/mol. The third-order valence-corrected chi connectivity index (χ3v) is 4.06. The Morgan fingerprint density at radius 2 is 1.85 bits per heavy atom. The fourth-order valence-electron chi connectivity index (χ4n) is 1.67. The second-order valence-corrected chi connectivity index (χ2v) is 5.09. The molecule has 2 aliphatic heterocycles. The van der Waals surface area contributed by atoms with Crippen LogP contribution >= 0.6 is 11.8 Å². The zero-order valence-corrected chi connectivity index (χ0v) is 9.83. The first-order valence-electron chi connectivity index (χ1n) is 5.69. The minimum Gasteiger partial charge on any atom is -0.312 e. The lowest BCUT2D eigenvalue weighted by atomic mass is 9.96. The molecule has 2 fully saturated rings. The highest BCUT2D eigenvalue weighted by molar-refractivity contribution is 7.99. The molecule has 1 nitrogen and oxygen atoms in total. The first kappa shape index (κ1) is 11.4. The van der Waals surface area contributed by atoms with Crippen LogP contribution in [0.15, 0.2) is 0 Å². The molecule has 1 N–H and O–H groups in total. The average Bonchev–Trinajstić information content (AvgIpc) is 2.43. The second kappa shape index (κ2) is 6.72. The van der Waals surface area contributed by atoms with E-state index in [2.05, 4.69) is 30.9 Å². The molecule has 0 amide bonds. The van der Waals surface area contributed by atoms with E-state index in [0.717, 1.165) is 12.0 Å². The summed E-state index contributed by atoms with van der Waals surface area (Å²) in [5.74, 6) is 3.83. The zero-order valence-electron chi connectivity index (χ0n) is 9.01. The van der Waals surface area contributed by atoms with Crippen LogP contribution in [0.5, 0.6) is 0 Å². The smallest absolute Gasteiger partial charge is 0.0206 e. The number of rotatable bonds is 3. The predicted molar refractivity (Wildman–Crippen MR) is 62.4 cm³/mol. The third-order valence-electron chi connectivity index (χ3n) is 2.80. The van der Waals surface area contributed by atoms with Gasteiger partial charge in [0.1, 0.15) is 0 Å². The molecule has 2 saturated heterocycles. The topological polar surface area (TPSA) is 12.0 Å². The number of thioether (sulfide) groups is 1. The molecule has 0 aromatic carbocycles. The molecular formula is C11H23NS. The van der Waals surface area contributed by atoms with E-state index in [9.17, 15) is 0 Å². The Morgan fingerprint density at radius 3 is 2.08 bits per heavy atom. The van der Waals surface area contributed by atoms with Crippen LogP contribution in [0.2, 0.25) is 0 Å². The lowest BCUT2D eigenvalue weighted by Crippen LogP contribution is -2.51. The Labute approximate surface area is 87.1 Å². The van der Waals surface area contributed by atoms with Crippen molar-refractivity contribution in [1.82, 2.24) is 5.32 Å². The van der Waals surface area contributed by atoms with E-state index in [4.69, 9.17) is 0 Å². The zero-order chi connectivity index (χ0) is 9.52. The Hall–Kier alpha value is 0.310. The molecule has 0 aliphatic carbocycles. The van der Waals surface area contributed by atoms with Crippen molar-refractivity contribution in [3.63, 3.8) is 0 Å². The lowest BCUT2D eigenvalue weighted by molar-refractivity contribution is 0.297. The van der Waals surface area contributed by atoms with Crippen molar-refractivity contribution >= 4 is 11.8 Å². The van der Waals surface area contributed by atoms with Gasteiger partial charge in [-0.1, -0.05) is 39.5 Å². The number of hydrogen-bond acceptors (Lipinski definition) is 2. The summed E-state index contributed by atoms with van der Waals surface area (Å²) in [7, 11) is 0. The van der Waals surface area contributed by atoms with Crippen LogP contribution in [0.25, 0.3) is 0 Å². The number of unbranched alkanes of at least 4 members (excludes halogenated alkanes) is 3. The van der Waals surface area contributed by atoms with Crippen LogP contribution in [-0.4, -0.2) is 24.1 Å². The third kappa shape index (κ3) is 3.90. The van der Waals surface area contributed by atoms with Crippen molar-refractivity contribution in [2.45, 2.75) is 45.6 Å². The highest BCUT2D eigenvalue weighted by Crippen LogP contribution is 2.28. The van der Waals surface area contributed by atoms with Gasteiger partial charge in [0.15, 0.2) is 0 Å². The van der Waals surface area contributed by atoms with E-state index in [0.29, 0.717) is 0 Å². The van der Waals surface area contributed by atoms with E-state index in [-0.39, 0.29) is 0 Å². The fraction of sp³-hybridized carbons (Fsp3) is 1.00. The summed E-state index contributed by atoms with van der Waals surface area (Å²) in [4.78, 5) is 0. The van der Waals surface area contributed by atoms with Crippen molar-refractivity contribution in [1.29, 1.82) is 0 Å². The lowest BCUT2D eigenvalue weighted by Gasteiger charge is -2.30. The second-order valence-electron chi connectivity index (χ2n) is 4.02. The van der Waals surface area contributed by atoms with Crippen molar-refractivity contribution in [3.05, 3.63) is 0 Å². The van der Waals surface area contributed by atoms with Crippen LogP contribution in [0.1, 0.15) is 39.5 Å². The fourth-order valence-corrected chi connectivity index (χ4v) is 3.10. The van der Waals surface area contributed by atoms with Crippen molar-refractivity contribution in [2.24, 2.45) is 5.92 Å². The number of fused-ring (bicyclic) bond motifs is 1. The molecule has 2 heteroatoms. The molecule has 0 saturated carbocycles. The molecule has 2 aliphatic rings.